The molecule has 192 valence electrons. The SMILES string of the molecule is CCCc1nccnc1C(c1ccc2ccc(-c3ccccc3)nc2c1)N1C(=O)C2=CC(/C=C\C/C=C\2)C1=O. The number of hydrogen-bond acceptors (Lipinski definition) is 5. The second-order valence-electron chi connectivity index (χ2n) is 9.78. The number of hydrogen-bond donors (Lipinski definition) is 0. The van der Waals surface area contributed by atoms with Crippen LogP contribution in [-0.2, 0) is 16.0 Å². The summed E-state index contributed by atoms with van der Waals surface area (Å²) in [6.45, 7) is 2.08. The number of nitrogens with zero attached hydrogens (tertiary/aromatic N) is 4. The monoisotopic (exact) mass is 512 g/mol. The zero-order chi connectivity index (χ0) is 26.8. The van der Waals surface area contributed by atoms with Crippen LogP contribution in [0.5, 0.6) is 0 Å². The van der Waals surface area contributed by atoms with Gasteiger partial charge in [-0.05, 0) is 30.5 Å². The van der Waals surface area contributed by atoms with Crippen molar-refractivity contribution < 1.29 is 9.59 Å². The Morgan fingerprint density at radius 1 is 0.974 bits per heavy atom. The van der Waals surface area contributed by atoms with Crippen LogP contribution in [-0.4, -0.2) is 31.7 Å². The first-order chi connectivity index (χ1) is 19.1. The van der Waals surface area contributed by atoms with E-state index in [1.54, 1.807) is 18.5 Å². The molecule has 3 heterocycles. The Kier molecular flexibility index (Phi) is 6.68. The Balaban J connectivity index is 1.54. The molecule has 0 spiro atoms. The number of carbonyl (C=O) groups excluding carboxylic acids is 2. The number of rotatable bonds is 6. The lowest BCUT2D eigenvalue weighted by Gasteiger charge is -2.35. The standard InChI is InChI=1S/C33H28N4O2/c1-2-9-28-30(35-19-18-34-28)31(37-32(38)25-12-7-4-8-13-26(20-25)33(37)39)24-15-14-23-16-17-27(36-29(23)21-24)22-10-5-3-6-11-22/h3,5-8,10-21,25,31H,2,4,9H2,1H3/b12-7-,13-8-. The normalized spacial score (nSPS) is 19.3. The third-order valence-electron chi connectivity index (χ3n) is 7.17. The van der Waals surface area contributed by atoms with Crippen molar-refractivity contribution in [3.05, 3.63) is 126 Å². The van der Waals surface area contributed by atoms with Crippen LogP contribution in [0.4, 0.5) is 0 Å². The maximum atomic E-state index is 13.9. The molecule has 2 aromatic heterocycles. The molecule has 2 atom stereocenters. The average molecular weight is 513 g/mol. The van der Waals surface area contributed by atoms with Crippen molar-refractivity contribution in [1.82, 2.24) is 19.9 Å². The zero-order valence-corrected chi connectivity index (χ0v) is 21.7. The highest BCUT2D eigenvalue weighted by Crippen LogP contribution is 2.36. The van der Waals surface area contributed by atoms with Crippen LogP contribution in [0.15, 0.2) is 109 Å². The fourth-order valence-electron chi connectivity index (χ4n) is 5.28. The first-order valence-electron chi connectivity index (χ1n) is 13.3. The average Bonchev–Trinajstić information content (AvgIpc) is 2.95. The molecule has 39 heavy (non-hydrogen) atoms. The summed E-state index contributed by atoms with van der Waals surface area (Å²) < 4.78 is 0. The van der Waals surface area contributed by atoms with Crippen LogP contribution >= 0.6 is 0 Å². The minimum Gasteiger partial charge on any atom is -0.273 e. The first-order valence-corrected chi connectivity index (χ1v) is 13.3. The van der Waals surface area contributed by atoms with E-state index in [1.807, 2.05) is 85.0 Å². The van der Waals surface area contributed by atoms with Crippen LogP contribution in [0.3, 0.4) is 0 Å². The van der Waals surface area contributed by atoms with Gasteiger partial charge in [0.15, 0.2) is 0 Å². The molecular weight excluding hydrogens is 484 g/mol. The molecule has 6 nitrogen and oxygen atoms in total. The summed E-state index contributed by atoms with van der Waals surface area (Å²) in [6, 6.07) is 19.3. The molecule has 2 aliphatic rings. The van der Waals surface area contributed by atoms with Gasteiger partial charge in [0.2, 0.25) is 5.91 Å². The molecule has 0 saturated heterocycles. The molecule has 0 fully saturated rings. The maximum absolute atomic E-state index is 13.9. The number of fused-ring (bicyclic) bond motifs is 2. The molecule has 2 unspecified atom stereocenters. The van der Waals surface area contributed by atoms with E-state index in [-0.39, 0.29) is 11.8 Å². The smallest absolute Gasteiger partial charge is 0.261 e. The van der Waals surface area contributed by atoms with Gasteiger partial charge in [0.1, 0.15) is 6.04 Å². The highest BCUT2D eigenvalue weighted by Gasteiger charge is 2.41. The van der Waals surface area contributed by atoms with E-state index in [4.69, 9.17) is 9.97 Å². The molecule has 2 aromatic carbocycles. The van der Waals surface area contributed by atoms with Crippen molar-refractivity contribution in [2.75, 3.05) is 0 Å². The zero-order valence-electron chi connectivity index (χ0n) is 21.7. The Morgan fingerprint density at radius 2 is 1.79 bits per heavy atom. The van der Waals surface area contributed by atoms with E-state index >= 15 is 0 Å². The third-order valence-corrected chi connectivity index (χ3v) is 7.17. The van der Waals surface area contributed by atoms with Gasteiger partial charge in [0.05, 0.1) is 28.5 Å². The summed E-state index contributed by atoms with van der Waals surface area (Å²) in [4.78, 5) is 43.4. The van der Waals surface area contributed by atoms with Crippen molar-refractivity contribution in [3.8, 4) is 11.3 Å². The summed E-state index contributed by atoms with van der Waals surface area (Å²) in [7, 11) is 0. The third kappa shape index (κ3) is 4.70. The fourth-order valence-corrected chi connectivity index (χ4v) is 5.28. The second-order valence-corrected chi connectivity index (χ2v) is 9.78. The predicted octanol–water partition coefficient (Wildman–Crippen LogP) is 6.16. The van der Waals surface area contributed by atoms with Gasteiger partial charge in [0, 0.05) is 28.9 Å². The minimum atomic E-state index is -0.737. The number of benzene rings is 2. The van der Waals surface area contributed by atoms with Crippen molar-refractivity contribution in [1.29, 1.82) is 0 Å². The topological polar surface area (TPSA) is 76.1 Å². The van der Waals surface area contributed by atoms with Crippen LogP contribution < -0.4 is 0 Å². The van der Waals surface area contributed by atoms with Gasteiger partial charge in [-0.1, -0.05) is 92.3 Å². The van der Waals surface area contributed by atoms with E-state index in [0.717, 1.165) is 39.8 Å². The molecule has 4 aromatic rings. The van der Waals surface area contributed by atoms with E-state index in [1.165, 1.54) is 4.90 Å². The number of amides is 2. The Bertz CT molecular complexity index is 1660. The quantitative estimate of drug-likeness (QED) is 0.228. The predicted molar refractivity (Wildman–Crippen MR) is 151 cm³/mol. The molecule has 0 saturated carbocycles. The van der Waals surface area contributed by atoms with Gasteiger partial charge in [-0.15, -0.1) is 0 Å². The highest BCUT2D eigenvalue weighted by atomic mass is 16.2. The lowest BCUT2D eigenvalue weighted by atomic mass is 9.90. The van der Waals surface area contributed by atoms with Crippen LogP contribution in [0, 0.1) is 5.92 Å². The first kappa shape index (κ1) is 24.6. The van der Waals surface area contributed by atoms with E-state index in [0.29, 0.717) is 24.1 Å². The second kappa shape index (κ2) is 10.6. The number of aromatic nitrogens is 3. The molecule has 6 heteroatoms. The molecule has 6 rings (SSSR count). The number of carbonyl (C=O) groups is 2. The van der Waals surface area contributed by atoms with Crippen molar-refractivity contribution in [2.24, 2.45) is 5.92 Å². The molecular formula is C33H28N4O2. The lowest BCUT2D eigenvalue weighted by Crippen LogP contribution is -2.47. The number of imide groups is 1. The van der Waals surface area contributed by atoms with Gasteiger partial charge in [0.25, 0.3) is 5.91 Å². The summed E-state index contributed by atoms with van der Waals surface area (Å²) in [5, 5.41) is 0.972. The Morgan fingerprint density at radius 3 is 2.64 bits per heavy atom. The van der Waals surface area contributed by atoms with Crippen LogP contribution in [0.2, 0.25) is 0 Å². The summed E-state index contributed by atoms with van der Waals surface area (Å²) in [5.74, 6) is -1.11. The molecule has 2 amide bonds. The number of aryl methyl sites for hydroxylation is 1. The van der Waals surface area contributed by atoms with E-state index in [9.17, 15) is 9.59 Å². The van der Waals surface area contributed by atoms with Crippen LogP contribution in [0.25, 0.3) is 22.2 Å². The van der Waals surface area contributed by atoms with E-state index in [2.05, 4.69) is 11.9 Å². The highest BCUT2D eigenvalue weighted by molar-refractivity contribution is 6.11. The summed E-state index contributed by atoms with van der Waals surface area (Å²) in [5.41, 5.74) is 5.34. The molecule has 0 N–H and O–H groups in total. The fraction of sp³-hybridized carbons (Fsp3) is 0.182. The largest absolute Gasteiger partial charge is 0.273 e. The molecule has 2 bridgehead atoms. The lowest BCUT2D eigenvalue weighted by molar-refractivity contribution is -0.146. The molecule has 1 aliphatic heterocycles. The Hall–Kier alpha value is -4.71. The van der Waals surface area contributed by atoms with Crippen molar-refractivity contribution in [3.63, 3.8) is 0 Å². The van der Waals surface area contributed by atoms with Crippen molar-refractivity contribution >= 4 is 22.7 Å². The molecule has 0 radical (unpaired) electrons. The van der Waals surface area contributed by atoms with Gasteiger partial charge in [-0.3, -0.25) is 24.5 Å². The van der Waals surface area contributed by atoms with Gasteiger partial charge >= 0.3 is 0 Å². The number of allylic oxidation sites excluding steroid dienone is 2. The van der Waals surface area contributed by atoms with Gasteiger partial charge in [-0.25, -0.2) is 4.98 Å². The van der Waals surface area contributed by atoms with Gasteiger partial charge in [-0.2, -0.15) is 0 Å². The Labute approximate surface area is 227 Å². The van der Waals surface area contributed by atoms with Gasteiger partial charge < -0.3 is 0 Å². The van der Waals surface area contributed by atoms with E-state index < -0.39 is 12.0 Å². The maximum Gasteiger partial charge on any atom is 0.261 e. The van der Waals surface area contributed by atoms with Crippen molar-refractivity contribution in [2.45, 2.75) is 32.2 Å². The summed E-state index contributed by atoms with van der Waals surface area (Å²) in [6.07, 6.45) is 14.9. The molecule has 1 aliphatic carbocycles. The minimum absolute atomic E-state index is 0.264. The number of pyridine rings is 1. The summed E-state index contributed by atoms with van der Waals surface area (Å²) >= 11 is 0. The van der Waals surface area contributed by atoms with Crippen LogP contribution in [0.1, 0.15) is 42.8 Å².